The molecule has 1 saturated heterocycles. The van der Waals surface area contributed by atoms with Crippen LogP contribution in [0.3, 0.4) is 0 Å². The third kappa shape index (κ3) is 4.00. The molecule has 1 unspecified atom stereocenters. The molecule has 33 heavy (non-hydrogen) atoms. The number of carbonyl (C=O) groups is 2. The number of Topliss-reactive ketones (excluding diaryl/α,β-unsaturated/α-hetero) is 1. The van der Waals surface area contributed by atoms with Crippen molar-refractivity contribution in [1.29, 1.82) is 0 Å². The average Bonchev–Trinajstić information content (AvgIpc) is 3.09. The Hall–Kier alpha value is -3.93. The Morgan fingerprint density at radius 3 is 2.36 bits per heavy atom. The maximum absolute atomic E-state index is 14.0. The summed E-state index contributed by atoms with van der Waals surface area (Å²) in [5.74, 6) is -1.70. The number of aliphatic hydroxyl groups excluding tert-OH is 1. The van der Waals surface area contributed by atoms with Gasteiger partial charge in [-0.15, -0.1) is 0 Å². The van der Waals surface area contributed by atoms with Crippen LogP contribution >= 0.6 is 0 Å². The number of aliphatic hydroxyl groups is 1. The van der Waals surface area contributed by atoms with Crippen molar-refractivity contribution in [3.8, 4) is 5.75 Å². The molecule has 0 aliphatic carbocycles. The smallest absolute Gasteiger partial charge is 0.300 e. The van der Waals surface area contributed by atoms with Crippen LogP contribution in [0.2, 0.25) is 0 Å². The van der Waals surface area contributed by atoms with Gasteiger partial charge in [-0.3, -0.25) is 14.5 Å². The number of ether oxygens (including phenoxy) is 1. The van der Waals surface area contributed by atoms with E-state index in [2.05, 4.69) is 0 Å². The van der Waals surface area contributed by atoms with Crippen LogP contribution in [-0.4, -0.2) is 23.9 Å². The summed E-state index contributed by atoms with van der Waals surface area (Å²) < 4.78 is 19.4. The number of methoxy groups -OCH3 is 1. The number of halogens is 1. The second-order valence-electron chi connectivity index (χ2n) is 8.17. The van der Waals surface area contributed by atoms with Gasteiger partial charge in [0.1, 0.15) is 17.3 Å². The minimum Gasteiger partial charge on any atom is -0.507 e. The Bertz CT molecular complexity index is 1250. The highest BCUT2D eigenvalue weighted by Gasteiger charge is 2.47. The highest BCUT2D eigenvalue weighted by molar-refractivity contribution is 6.51. The van der Waals surface area contributed by atoms with Crippen molar-refractivity contribution in [3.05, 3.63) is 101 Å². The molecule has 0 radical (unpaired) electrons. The first kappa shape index (κ1) is 22.3. The van der Waals surface area contributed by atoms with Gasteiger partial charge in [0.05, 0.1) is 18.7 Å². The summed E-state index contributed by atoms with van der Waals surface area (Å²) in [6.45, 7) is 3.99. The van der Waals surface area contributed by atoms with Crippen LogP contribution < -0.4 is 9.64 Å². The van der Waals surface area contributed by atoms with Crippen LogP contribution in [0.15, 0.2) is 78.4 Å². The standard InChI is InChI=1S/C27H24FNO4/c1-16(2)21-14-18(12-13-22(21)33-3)25(30)23-24(17-8-5-4-6-9-17)29(27(32)26(23)31)20-11-7-10-19(28)15-20/h4-16,24,30H,1-3H3/b25-23-. The van der Waals surface area contributed by atoms with E-state index in [4.69, 9.17) is 4.74 Å². The molecule has 0 aromatic heterocycles. The Morgan fingerprint density at radius 1 is 1.00 bits per heavy atom. The van der Waals surface area contributed by atoms with Gasteiger partial charge in [-0.1, -0.05) is 50.2 Å². The molecule has 6 heteroatoms. The number of ketones is 1. The van der Waals surface area contributed by atoms with Crippen LogP contribution in [0.1, 0.15) is 42.5 Å². The van der Waals surface area contributed by atoms with E-state index in [-0.39, 0.29) is 22.9 Å². The third-order valence-corrected chi connectivity index (χ3v) is 5.77. The molecule has 0 bridgehead atoms. The lowest BCUT2D eigenvalue weighted by molar-refractivity contribution is -0.132. The van der Waals surface area contributed by atoms with E-state index >= 15 is 0 Å². The maximum atomic E-state index is 14.0. The lowest BCUT2D eigenvalue weighted by Gasteiger charge is -2.25. The molecule has 3 aromatic rings. The Labute approximate surface area is 191 Å². The van der Waals surface area contributed by atoms with Crippen molar-refractivity contribution in [1.82, 2.24) is 0 Å². The highest BCUT2D eigenvalue weighted by atomic mass is 19.1. The summed E-state index contributed by atoms with van der Waals surface area (Å²) >= 11 is 0. The van der Waals surface area contributed by atoms with Gasteiger partial charge in [0.25, 0.3) is 11.7 Å². The zero-order valence-electron chi connectivity index (χ0n) is 18.6. The van der Waals surface area contributed by atoms with Crippen molar-refractivity contribution in [3.63, 3.8) is 0 Å². The molecular formula is C27H24FNO4. The first-order valence-corrected chi connectivity index (χ1v) is 10.6. The summed E-state index contributed by atoms with van der Waals surface area (Å²) in [7, 11) is 1.57. The molecule has 0 saturated carbocycles. The molecule has 4 rings (SSSR count). The third-order valence-electron chi connectivity index (χ3n) is 5.77. The van der Waals surface area contributed by atoms with E-state index in [1.54, 1.807) is 55.6 Å². The number of hydrogen-bond donors (Lipinski definition) is 1. The predicted molar refractivity (Wildman–Crippen MR) is 125 cm³/mol. The quantitative estimate of drug-likeness (QED) is 0.316. The van der Waals surface area contributed by atoms with Crippen molar-refractivity contribution < 1.29 is 23.8 Å². The molecular weight excluding hydrogens is 421 g/mol. The fraction of sp³-hybridized carbons (Fsp3) is 0.185. The molecule has 1 N–H and O–H groups in total. The van der Waals surface area contributed by atoms with E-state index in [0.29, 0.717) is 16.9 Å². The molecule has 168 valence electrons. The SMILES string of the molecule is COc1ccc(/C(O)=C2/C(=O)C(=O)N(c3cccc(F)c3)C2c2ccccc2)cc1C(C)C. The number of anilines is 1. The minimum atomic E-state index is -0.905. The van der Waals surface area contributed by atoms with Crippen molar-refractivity contribution in [2.24, 2.45) is 0 Å². The number of hydrogen-bond acceptors (Lipinski definition) is 4. The monoisotopic (exact) mass is 445 g/mol. The number of benzene rings is 3. The second kappa shape index (κ2) is 8.90. The summed E-state index contributed by atoms with van der Waals surface area (Å²) in [6.07, 6.45) is 0. The van der Waals surface area contributed by atoms with E-state index in [1.165, 1.54) is 23.1 Å². The lowest BCUT2D eigenvalue weighted by atomic mass is 9.93. The van der Waals surface area contributed by atoms with Crippen LogP contribution in [0.4, 0.5) is 10.1 Å². The number of nitrogens with zero attached hydrogens (tertiary/aromatic N) is 1. The van der Waals surface area contributed by atoms with E-state index in [1.807, 2.05) is 19.9 Å². The Kier molecular flexibility index (Phi) is 6.01. The molecule has 1 fully saturated rings. The van der Waals surface area contributed by atoms with Gasteiger partial charge in [-0.05, 0) is 53.4 Å². The molecule has 5 nitrogen and oxygen atoms in total. The topological polar surface area (TPSA) is 66.8 Å². The first-order valence-electron chi connectivity index (χ1n) is 10.6. The van der Waals surface area contributed by atoms with Gasteiger partial charge in [0.15, 0.2) is 0 Å². The van der Waals surface area contributed by atoms with Gasteiger partial charge >= 0.3 is 0 Å². The number of amides is 1. The van der Waals surface area contributed by atoms with Crippen molar-refractivity contribution in [2.75, 3.05) is 12.0 Å². The molecule has 1 aliphatic heterocycles. The van der Waals surface area contributed by atoms with Crippen molar-refractivity contribution in [2.45, 2.75) is 25.8 Å². The molecule has 3 aromatic carbocycles. The molecule has 1 amide bonds. The number of carbonyl (C=O) groups excluding carboxylic acids is 2. The second-order valence-corrected chi connectivity index (χ2v) is 8.17. The molecule has 1 heterocycles. The maximum Gasteiger partial charge on any atom is 0.300 e. The fourth-order valence-corrected chi connectivity index (χ4v) is 4.16. The predicted octanol–water partition coefficient (Wildman–Crippen LogP) is 5.58. The zero-order valence-corrected chi connectivity index (χ0v) is 18.6. The van der Waals surface area contributed by atoms with Crippen molar-refractivity contribution >= 4 is 23.1 Å². The van der Waals surface area contributed by atoms with Gasteiger partial charge < -0.3 is 9.84 Å². The minimum absolute atomic E-state index is 0.0460. The Balaban J connectivity index is 1.94. The largest absolute Gasteiger partial charge is 0.507 e. The highest BCUT2D eigenvalue weighted by Crippen LogP contribution is 2.42. The van der Waals surface area contributed by atoms with Crippen LogP contribution in [0, 0.1) is 5.82 Å². The van der Waals surface area contributed by atoms with Gasteiger partial charge in [-0.2, -0.15) is 0 Å². The summed E-state index contributed by atoms with van der Waals surface area (Å²) in [5.41, 5.74) is 2.08. The van der Waals surface area contributed by atoms with E-state index in [0.717, 1.165) is 5.56 Å². The normalized spacial score (nSPS) is 17.6. The molecule has 1 aliphatic rings. The first-order chi connectivity index (χ1) is 15.8. The zero-order chi connectivity index (χ0) is 23.7. The Morgan fingerprint density at radius 2 is 1.73 bits per heavy atom. The fourth-order valence-electron chi connectivity index (χ4n) is 4.16. The van der Waals surface area contributed by atoms with Crippen LogP contribution in [-0.2, 0) is 9.59 Å². The summed E-state index contributed by atoms with van der Waals surface area (Å²) in [5, 5.41) is 11.3. The van der Waals surface area contributed by atoms with Crippen LogP contribution in [0.25, 0.3) is 5.76 Å². The molecule has 1 atom stereocenters. The summed E-state index contributed by atoms with van der Waals surface area (Å²) in [4.78, 5) is 27.5. The number of rotatable bonds is 5. The molecule has 0 spiro atoms. The average molecular weight is 445 g/mol. The van der Waals surface area contributed by atoms with E-state index < -0.39 is 23.5 Å². The lowest BCUT2D eigenvalue weighted by Crippen LogP contribution is -2.29. The van der Waals surface area contributed by atoms with E-state index in [9.17, 15) is 19.1 Å². The van der Waals surface area contributed by atoms with Gasteiger partial charge in [0, 0.05) is 11.3 Å². The summed E-state index contributed by atoms with van der Waals surface area (Å²) in [6, 6.07) is 18.7. The van der Waals surface area contributed by atoms with Gasteiger partial charge in [0.2, 0.25) is 0 Å². The van der Waals surface area contributed by atoms with Crippen LogP contribution in [0.5, 0.6) is 5.75 Å². The van der Waals surface area contributed by atoms with Gasteiger partial charge in [-0.25, -0.2) is 4.39 Å².